The zero-order valence-electron chi connectivity index (χ0n) is 20.1. The molecule has 1 heterocycles. The highest BCUT2D eigenvalue weighted by Gasteiger charge is 2.10. The Morgan fingerprint density at radius 1 is 1.03 bits per heavy atom. The molecule has 0 saturated heterocycles. The molecule has 1 amide bonds. The third-order valence-electron chi connectivity index (χ3n) is 5.37. The smallest absolute Gasteiger partial charge is 0.289 e. The Morgan fingerprint density at radius 3 is 2.53 bits per heavy atom. The van der Waals surface area contributed by atoms with Crippen molar-refractivity contribution in [3.8, 4) is 17.0 Å². The first-order valence-electron chi connectivity index (χ1n) is 12.0. The molecule has 178 valence electrons. The van der Waals surface area contributed by atoms with Crippen molar-refractivity contribution in [1.82, 2.24) is 15.6 Å². The van der Waals surface area contributed by atoms with E-state index < -0.39 is 0 Å². The highest BCUT2D eigenvalue weighted by Crippen LogP contribution is 2.21. The SMILES string of the molecule is CCCCCCCCOc1ccc(-c2cc(C(=O)N/N=C/C(C)=C/c3ccccc3)[nH]n2)cc1. The average Bonchev–Trinajstić information content (AvgIpc) is 3.35. The van der Waals surface area contributed by atoms with Crippen molar-refractivity contribution < 1.29 is 9.53 Å². The molecule has 2 N–H and O–H groups in total. The molecule has 0 aliphatic heterocycles. The van der Waals surface area contributed by atoms with E-state index in [1.165, 1.54) is 32.1 Å². The molecule has 0 aliphatic rings. The van der Waals surface area contributed by atoms with Crippen LogP contribution in [0.15, 0.2) is 71.3 Å². The summed E-state index contributed by atoms with van der Waals surface area (Å²) in [4.78, 5) is 12.4. The second-order valence-corrected chi connectivity index (χ2v) is 8.31. The van der Waals surface area contributed by atoms with Gasteiger partial charge in [-0.2, -0.15) is 10.2 Å². The van der Waals surface area contributed by atoms with Gasteiger partial charge in [-0.15, -0.1) is 0 Å². The van der Waals surface area contributed by atoms with Crippen molar-refractivity contribution in [1.29, 1.82) is 0 Å². The summed E-state index contributed by atoms with van der Waals surface area (Å²) in [5.41, 5.74) is 6.49. The monoisotopic (exact) mass is 458 g/mol. The lowest BCUT2D eigenvalue weighted by molar-refractivity contribution is 0.0950. The molecule has 6 heteroatoms. The van der Waals surface area contributed by atoms with Crippen molar-refractivity contribution in [2.75, 3.05) is 6.61 Å². The van der Waals surface area contributed by atoms with E-state index in [1.807, 2.05) is 67.6 Å². The van der Waals surface area contributed by atoms with Crippen molar-refractivity contribution in [3.63, 3.8) is 0 Å². The minimum Gasteiger partial charge on any atom is -0.494 e. The van der Waals surface area contributed by atoms with Crippen LogP contribution in [0, 0.1) is 0 Å². The van der Waals surface area contributed by atoms with E-state index in [0.717, 1.165) is 35.5 Å². The molecule has 34 heavy (non-hydrogen) atoms. The summed E-state index contributed by atoms with van der Waals surface area (Å²) in [5, 5.41) is 11.1. The van der Waals surface area contributed by atoms with Gasteiger partial charge in [-0.05, 0) is 54.8 Å². The van der Waals surface area contributed by atoms with Crippen LogP contribution in [-0.2, 0) is 0 Å². The number of aromatic nitrogens is 2. The predicted octanol–water partition coefficient (Wildman–Crippen LogP) is 6.64. The Bertz CT molecular complexity index is 1070. The second kappa shape index (κ2) is 13.8. The lowest BCUT2D eigenvalue weighted by Crippen LogP contribution is -2.17. The standard InChI is InChI=1S/C28H34N4O2/c1-3-4-5-6-7-11-18-34-25-16-14-24(15-17-25)26-20-27(31-30-26)28(33)32-29-21-22(2)19-23-12-9-8-10-13-23/h8-10,12-17,19-21H,3-7,11,18H2,1-2H3,(H,30,31)(H,32,33)/b22-19+,29-21+. The molecule has 0 aliphatic carbocycles. The minimum absolute atomic E-state index is 0.346. The van der Waals surface area contributed by atoms with E-state index in [4.69, 9.17) is 4.74 Å². The number of allylic oxidation sites excluding steroid dienone is 1. The third kappa shape index (κ3) is 8.35. The highest BCUT2D eigenvalue weighted by atomic mass is 16.5. The highest BCUT2D eigenvalue weighted by molar-refractivity contribution is 5.94. The molecule has 1 aromatic heterocycles. The van der Waals surface area contributed by atoms with Crippen LogP contribution in [-0.4, -0.2) is 28.9 Å². The molecule has 3 rings (SSSR count). The zero-order valence-corrected chi connectivity index (χ0v) is 20.1. The Hall–Kier alpha value is -3.67. The Balaban J connectivity index is 1.45. The Morgan fingerprint density at radius 2 is 1.76 bits per heavy atom. The maximum Gasteiger partial charge on any atom is 0.289 e. The molecule has 0 atom stereocenters. The van der Waals surface area contributed by atoms with Crippen LogP contribution in [0.4, 0.5) is 0 Å². The minimum atomic E-state index is -0.346. The number of unbranched alkanes of at least 4 members (excludes halogenated alkanes) is 5. The summed E-state index contributed by atoms with van der Waals surface area (Å²) in [6.45, 7) is 4.89. The van der Waals surface area contributed by atoms with E-state index in [1.54, 1.807) is 12.3 Å². The normalized spacial score (nSPS) is 11.6. The number of carbonyl (C=O) groups is 1. The number of hydrogen-bond donors (Lipinski definition) is 2. The maximum absolute atomic E-state index is 12.4. The fourth-order valence-corrected chi connectivity index (χ4v) is 3.48. The molecule has 0 spiro atoms. The van der Waals surface area contributed by atoms with Gasteiger partial charge in [0.25, 0.3) is 5.91 Å². The van der Waals surface area contributed by atoms with Gasteiger partial charge >= 0.3 is 0 Å². The van der Waals surface area contributed by atoms with Crippen molar-refractivity contribution in [2.45, 2.75) is 52.4 Å². The number of rotatable bonds is 13. The van der Waals surface area contributed by atoms with Gasteiger partial charge in [0.05, 0.1) is 18.5 Å². The number of H-pyrrole nitrogens is 1. The van der Waals surface area contributed by atoms with Crippen LogP contribution in [0.3, 0.4) is 0 Å². The van der Waals surface area contributed by atoms with Gasteiger partial charge in [0, 0.05) is 5.56 Å². The number of hydrazone groups is 1. The van der Waals surface area contributed by atoms with E-state index in [-0.39, 0.29) is 5.91 Å². The molecule has 6 nitrogen and oxygen atoms in total. The topological polar surface area (TPSA) is 79.4 Å². The molecule has 0 bridgehead atoms. The van der Waals surface area contributed by atoms with Crippen LogP contribution >= 0.6 is 0 Å². The third-order valence-corrected chi connectivity index (χ3v) is 5.37. The number of nitrogens with zero attached hydrogens (tertiary/aromatic N) is 2. The van der Waals surface area contributed by atoms with E-state index >= 15 is 0 Å². The first kappa shape index (κ1) is 25.0. The number of aromatic amines is 1. The fourth-order valence-electron chi connectivity index (χ4n) is 3.48. The predicted molar refractivity (Wildman–Crippen MR) is 139 cm³/mol. The van der Waals surface area contributed by atoms with Crippen LogP contribution in [0.25, 0.3) is 17.3 Å². The van der Waals surface area contributed by atoms with Crippen LogP contribution < -0.4 is 10.2 Å². The van der Waals surface area contributed by atoms with Crippen molar-refractivity contribution in [2.24, 2.45) is 5.10 Å². The van der Waals surface area contributed by atoms with Crippen LogP contribution in [0.1, 0.15) is 68.4 Å². The lowest BCUT2D eigenvalue weighted by atomic mass is 10.1. The Kier molecular flexibility index (Phi) is 10.1. The molecule has 3 aromatic rings. The Labute approximate surface area is 202 Å². The number of nitrogens with one attached hydrogen (secondary N) is 2. The number of carbonyl (C=O) groups excluding carboxylic acids is 1. The van der Waals surface area contributed by atoms with E-state index in [0.29, 0.717) is 11.4 Å². The first-order chi connectivity index (χ1) is 16.7. The molecule has 0 radical (unpaired) electrons. The quantitative estimate of drug-likeness (QED) is 0.171. The fraction of sp³-hybridized carbons (Fsp3) is 0.321. The van der Waals surface area contributed by atoms with Gasteiger partial charge in [-0.3, -0.25) is 9.89 Å². The van der Waals surface area contributed by atoms with Gasteiger partial charge in [-0.25, -0.2) is 5.43 Å². The van der Waals surface area contributed by atoms with Crippen molar-refractivity contribution in [3.05, 3.63) is 77.5 Å². The van der Waals surface area contributed by atoms with Gasteiger partial charge < -0.3 is 4.74 Å². The van der Waals surface area contributed by atoms with Gasteiger partial charge in [0.2, 0.25) is 0 Å². The summed E-state index contributed by atoms with van der Waals surface area (Å²) >= 11 is 0. The number of benzene rings is 2. The largest absolute Gasteiger partial charge is 0.494 e. The molecular weight excluding hydrogens is 424 g/mol. The van der Waals surface area contributed by atoms with Crippen LogP contribution in [0.5, 0.6) is 5.75 Å². The number of ether oxygens (including phenoxy) is 1. The van der Waals surface area contributed by atoms with Gasteiger partial charge in [0.1, 0.15) is 11.4 Å². The molecule has 2 aromatic carbocycles. The summed E-state index contributed by atoms with van der Waals surface area (Å²) in [6.07, 6.45) is 11.1. The van der Waals surface area contributed by atoms with Gasteiger partial charge in [-0.1, -0.05) is 75.4 Å². The van der Waals surface area contributed by atoms with Crippen molar-refractivity contribution >= 4 is 18.2 Å². The molecule has 0 fully saturated rings. The molecule has 0 unspecified atom stereocenters. The zero-order chi connectivity index (χ0) is 24.0. The summed E-state index contributed by atoms with van der Waals surface area (Å²) in [6, 6.07) is 19.4. The number of hydrogen-bond acceptors (Lipinski definition) is 4. The lowest BCUT2D eigenvalue weighted by Gasteiger charge is -2.06. The van der Waals surface area contributed by atoms with E-state index in [9.17, 15) is 4.79 Å². The summed E-state index contributed by atoms with van der Waals surface area (Å²) < 4.78 is 5.84. The molecule has 0 saturated carbocycles. The maximum atomic E-state index is 12.4. The summed E-state index contributed by atoms with van der Waals surface area (Å²) in [5.74, 6) is 0.500. The summed E-state index contributed by atoms with van der Waals surface area (Å²) in [7, 11) is 0. The second-order valence-electron chi connectivity index (χ2n) is 8.31. The van der Waals surface area contributed by atoms with E-state index in [2.05, 4.69) is 27.6 Å². The first-order valence-corrected chi connectivity index (χ1v) is 12.0. The number of amides is 1. The van der Waals surface area contributed by atoms with Gasteiger partial charge in [0.15, 0.2) is 0 Å². The van der Waals surface area contributed by atoms with Crippen LogP contribution in [0.2, 0.25) is 0 Å². The average molecular weight is 459 g/mol. The molecular formula is C28H34N4O2.